The van der Waals surface area contributed by atoms with E-state index < -0.39 is 0 Å². The van der Waals surface area contributed by atoms with Gasteiger partial charge in [0.1, 0.15) is 0 Å². The molecule has 0 fully saturated rings. The van der Waals surface area contributed by atoms with Gasteiger partial charge < -0.3 is 10.1 Å². The van der Waals surface area contributed by atoms with Crippen molar-refractivity contribution in [2.45, 2.75) is 39.0 Å². The lowest BCUT2D eigenvalue weighted by Crippen LogP contribution is -2.25. The van der Waals surface area contributed by atoms with E-state index in [4.69, 9.17) is 0 Å². The molecule has 0 saturated carbocycles. The molecular weight excluding hydrogens is 416 g/mol. The number of amides is 1. The first-order chi connectivity index (χ1) is 16.1. The van der Waals surface area contributed by atoms with E-state index in [1.807, 2.05) is 66.4 Å². The number of ether oxygens (including phenoxy) is 1. The first-order valence-corrected chi connectivity index (χ1v) is 11.2. The summed E-state index contributed by atoms with van der Waals surface area (Å²) in [5, 5.41) is 2.91. The van der Waals surface area contributed by atoms with Crippen molar-refractivity contribution in [2.75, 3.05) is 18.6 Å². The molecule has 0 saturated heterocycles. The van der Waals surface area contributed by atoms with Crippen LogP contribution in [0.25, 0.3) is 0 Å². The van der Waals surface area contributed by atoms with Crippen LogP contribution in [0.15, 0.2) is 67.0 Å². The molecule has 3 aromatic rings. The second-order valence-corrected chi connectivity index (χ2v) is 7.73. The number of hydrogen-bond donors (Lipinski definition) is 1. The van der Waals surface area contributed by atoms with Gasteiger partial charge in [0.05, 0.1) is 18.4 Å². The second kappa shape index (κ2) is 12.3. The molecule has 1 heterocycles. The molecule has 1 N–H and O–H groups in total. The Kier molecular flexibility index (Phi) is 8.94. The van der Waals surface area contributed by atoms with Crippen molar-refractivity contribution < 1.29 is 14.3 Å². The molecular formula is C26H30N4O3. The number of hydrogen-bond acceptors (Lipinski definition) is 6. The molecule has 0 radical (unpaired) electrons. The minimum Gasteiger partial charge on any atom is -0.469 e. The molecule has 0 aliphatic carbocycles. The fourth-order valence-electron chi connectivity index (χ4n) is 3.46. The lowest BCUT2D eigenvalue weighted by atomic mass is 10.1. The van der Waals surface area contributed by atoms with Gasteiger partial charge in [0.15, 0.2) is 0 Å². The Labute approximate surface area is 194 Å². The number of carbonyl (C=O) groups excluding carboxylic acids is 2. The van der Waals surface area contributed by atoms with E-state index in [0.717, 1.165) is 42.6 Å². The van der Waals surface area contributed by atoms with Crippen LogP contribution in [0.1, 0.15) is 48.0 Å². The Hall–Kier alpha value is -3.74. The number of rotatable bonds is 11. The molecule has 2 aromatic carbocycles. The number of aromatic nitrogens is 2. The van der Waals surface area contributed by atoms with E-state index in [1.165, 1.54) is 7.11 Å². The summed E-state index contributed by atoms with van der Waals surface area (Å²) < 4.78 is 4.63. The highest BCUT2D eigenvalue weighted by molar-refractivity contribution is 5.93. The van der Waals surface area contributed by atoms with Gasteiger partial charge in [0.25, 0.3) is 5.91 Å². The van der Waals surface area contributed by atoms with Gasteiger partial charge in [-0.05, 0) is 43.5 Å². The summed E-state index contributed by atoms with van der Waals surface area (Å²) in [5.41, 5.74) is 3.44. The second-order valence-electron chi connectivity index (χ2n) is 7.73. The van der Waals surface area contributed by atoms with Gasteiger partial charge in [0, 0.05) is 31.0 Å². The van der Waals surface area contributed by atoms with Crippen LogP contribution in [0, 0.1) is 6.92 Å². The predicted octanol–water partition coefficient (Wildman–Crippen LogP) is 5.11. The van der Waals surface area contributed by atoms with Gasteiger partial charge in [0.2, 0.25) is 5.95 Å². The minimum absolute atomic E-state index is 0.181. The number of esters is 1. The number of anilines is 3. The number of aryl methyl sites for hydroxylation is 1. The van der Waals surface area contributed by atoms with E-state index >= 15 is 0 Å². The lowest BCUT2D eigenvalue weighted by molar-refractivity contribution is -0.140. The summed E-state index contributed by atoms with van der Waals surface area (Å²) >= 11 is 0. The zero-order valence-electron chi connectivity index (χ0n) is 19.2. The van der Waals surface area contributed by atoms with E-state index in [-0.39, 0.29) is 11.9 Å². The van der Waals surface area contributed by atoms with Gasteiger partial charge in [-0.3, -0.25) is 14.5 Å². The maximum atomic E-state index is 12.5. The van der Waals surface area contributed by atoms with Crippen molar-refractivity contribution in [1.82, 2.24) is 15.3 Å². The standard InChI is InChI=1S/C26H30N4O3/c1-20-12-9-10-15-23(20)30(22-13-6-5-7-14-22)26-28-18-21(19-29-26)25(32)27-17-11-4-3-8-16-24(31)33-2/h5-7,9-10,12-15,18-19H,3-4,8,11,16-17H2,1-2H3,(H,27,32). The zero-order chi connectivity index (χ0) is 23.5. The summed E-state index contributed by atoms with van der Waals surface area (Å²) in [4.78, 5) is 34.5. The largest absolute Gasteiger partial charge is 0.469 e. The van der Waals surface area contributed by atoms with Crippen LogP contribution in [0.5, 0.6) is 0 Å². The van der Waals surface area contributed by atoms with Gasteiger partial charge in [-0.2, -0.15) is 0 Å². The smallest absolute Gasteiger partial charge is 0.305 e. The van der Waals surface area contributed by atoms with Crippen LogP contribution in [-0.4, -0.2) is 35.5 Å². The average molecular weight is 447 g/mol. The Morgan fingerprint density at radius 1 is 0.909 bits per heavy atom. The van der Waals surface area contributed by atoms with Crippen molar-refractivity contribution in [3.8, 4) is 0 Å². The predicted molar refractivity (Wildman–Crippen MR) is 129 cm³/mol. The first-order valence-electron chi connectivity index (χ1n) is 11.2. The van der Waals surface area contributed by atoms with E-state index in [0.29, 0.717) is 24.5 Å². The molecule has 0 spiro atoms. The van der Waals surface area contributed by atoms with Gasteiger partial charge in [-0.15, -0.1) is 0 Å². The van der Waals surface area contributed by atoms with E-state index in [1.54, 1.807) is 12.4 Å². The van der Waals surface area contributed by atoms with Crippen LogP contribution in [0.3, 0.4) is 0 Å². The summed E-state index contributed by atoms with van der Waals surface area (Å²) in [6, 6.07) is 18.0. The van der Waals surface area contributed by atoms with E-state index in [2.05, 4.69) is 20.0 Å². The summed E-state index contributed by atoms with van der Waals surface area (Å²) in [5.74, 6) is 0.121. The van der Waals surface area contributed by atoms with Crippen molar-refractivity contribution >= 4 is 29.2 Å². The molecule has 0 aliphatic rings. The summed E-state index contributed by atoms with van der Waals surface area (Å²) in [6.45, 7) is 2.61. The first kappa shape index (κ1) is 23.9. The quantitative estimate of drug-likeness (QED) is 0.326. The maximum absolute atomic E-state index is 12.5. The average Bonchev–Trinajstić information content (AvgIpc) is 2.85. The van der Waals surface area contributed by atoms with Crippen LogP contribution in [0.4, 0.5) is 17.3 Å². The molecule has 0 bridgehead atoms. The Morgan fingerprint density at radius 3 is 2.27 bits per heavy atom. The highest BCUT2D eigenvalue weighted by Gasteiger charge is 2.17. The van der Waals surface area contributed by atoms with Gasteiger partial charge in [-0.1, -0.05) is 49.2 Å². The van der Waals surface area contributed by atoms with Crippen molar-refractivity contribution in [1.29, 1.82) is 0 Å². The molecule has 3 rings (SSSR count). The fourth-order valence-corrected chi connectivity index (χ4v) is 3.46. The highest BCUT2D eigenvalue weighted by Crippen LogP contribution is 2.33. The summed E-state index contributed by atoms with van der Waals surface area (Å²) in [6.07, 6.45) is 7.07. The van der Waals surface area contributed by atoms with Crippen molar-refractivity contribution in [3.05, 3.63) is 78.1 Å². The third-order valence-corrected chi connectivity index (χ3v) is 5.29. The number of nitrogens with one attached hydrogen (secondary N) is 1. The topological polar surface area (TPSA) is 84.4 Å². The third kappa shape index (κ3) is 6.87. The number of nitrogens with zero attached hydrogens (tertiary/aromatic N) is 3. The number of para-hydroxylation sites is 2. The zero-order valence-corrected chi connectivity index (χ0v) is 19.2. The lowest BCUT2D eigenvalue weighted by Gasteiger charge is -2.24. The Morgan fingerprint density at radius 2 is 1.58 bits per heavy atom. The van der Waals surface area contributed by atoms with E-state index in [9.17, 15) is 9.59 Å². The van der Waals surface area contributed by atoms with Gasteiger partial charge in [-0.25, -0.2) is 9.97 Å². The monoisotopic (exact) mass is 446 g/mol. The third-order valence-electron chi connectivity index (χ3n) is 5.29. The van der Waals surface area contributed by atoms with Crippen molar-refractivity contribution in [3.63, 3.8) is 0 Å². The molecule has 0 aliphatic heterocycles. The molecule has 1 aromatic heterocycles. The number of unbranched alkanes of at least 4 members (excludes halogenated alkanes) is 3. The Balaban J connectivity index is 1.60. The molecule has 172 valence electrons. The van der Waals surface area contributed by atoms with Crippen LogP contribution in [-0.2, 0) is 9.53 Å². The SMILES string of the molecule is COC(=O)CCCCCCNC(=O)c1cnc(N(c2ccccc2)c2ccccc2C)nc1. The Bertz CT molecular complexity index is 1040. The number of carbonyl (C=O) groups is 2. The maximum Gasteiger partial charge on any atom is 0.305 e. The van der Waals surface area contributed by atoms with Gasteiger partial charge >= 0.3 is 5.97 Å². The van der Waals surface area contributed by atoms with Crippen LogP contribution in [0.2, 0.25) is 0 Å². The van der Waals surface area contributed by atoms with Crippen LogP contribution >= 0.6 is 0 Å². The fraction of sp³-hybridized carbons (Fsp3) is 0.308. The minimum atomic E-state index is -0.196. The van der Waals surface area contributed by atoms with Crippen LogP contribution < -0.4 is 10.2 Å². The highest BCUT2D eigenvalue weighted by atomic mass is 16.5. The normalized spacial score (nSPS) is 10.5. The number of benzene rings is 2. The number of methoxy groups -OCH3 is 1. The summed E-state index contributed by atoms with van der Waals surface area (Å²) in [7, 11) is 1.40. The molecule has 7 heteroatoms. The van der Waals surface area contributed by atoms with Crippen molar-refractivity contribution in [2.24, 2.45) is 0 Å². The molecule has 7 nitrogen and oxygen atoms in total. The molecule has 33 heavy (non-hydrogen) atoms. The molecule has 0 unspecified atom stereocenters. The molecule has 0 atom stereocenters. The molecule has 1 amide bonds.